The molecule has 96 valence electrons. The molecule has 1 aromatic rings. The van der Waals surface area contributed by atoms with Crippen molar-refractivity contribution >= 4 is 33.4 Å². The summed E-state index contributed by atoms with van der Waals surface area (Å²) in [4.78, 5) is 13.1. The minimum absolute atomic E-state index is 0.215. The Balaban J connectivity index is 2.42. The summed E-state index contributed by atoms with van der Waals surface area (Å²) in [6.07, 6.45) is -5.49. The standard InChI is InChI=1S/C9H9BrF3NO2S/c1-14(3-7-2-6(10)4-17-7)8(15)16-5-9(11,12)13/h2,4H,3,5H2,1H3. The van der Waals surface area contributed by atoms with Gasteiger partial charge in [0.15, 0.2) is 6.61 Å². The topological polar surface area (TPSA) is 29.5 Å². The number of ether oxygens (including phenoxy) is 1. The molecule has 0 aliphatic carbocycles. The van der Waals surface area contributed by atoms with Crippen LogP contribution in [0.5, 0.6) is 0 Å². The van der Waals surface area contributed by atoms with Gasteiger partial charge in [-0.3, -0.25) is 0 Å². The second kappa shape index (κ2) is 5.72. The van der Waals surface area contributed by atoms with Crippen molar-refractivity contribution in [3.8, 4) is 0 Å². The molecule has 0 unspecified atom stereocenters. The molecule has 0 radical (unpaired) electrons. The summed E-state index contributed by atoms with van der Waals surface area (Å²) in [7, 11) is 1.38. The van der Waals surface area contributed by atoms with Crippen molar-refractivity contribution in [3.63, 3.8) is 0 Å². The van der Waals surface area contributed by atoms with Crippen LogP contribution < -0.4 is 0 Å². The van der Waals surface area contributed by atoms with E-state index in [-0.39, 0.29) is 6.54 Å². The van der Waals surface area contributed by atoms with Crippen molar-refractivity contribution in [1.29, 1.82) is 0 Å². The Labute approximate surface area is 108 Å². The normalized spacial score (nSPS) is 11.4. The second-order valence-electron chi connectivity index (χ2n) is 3.26. The first kappa shape index (κ1) is 14.3. The Bertz CT molecular complexity index is 394. The Hall–Kier alpha value is -0.760. The van der Waals surface area contributed by atoms with Gasteiger partial charge in [-0.05, 0) is 22.0 Å². The number of hydrogen-bond acceptors (Lipinski definition) is 3. The van der Waals surface area contributed by atoms with Crippen LogP contribution in [0.25, 0.3) is 0 Å². The van der Waals surface area contributed by atoms with Gasteiger partial charge in [-0.1, -0.05) is 0 Å². The van der Waals surface area contributed by atoms with Crippen LogP contribution in [0.4, 0.5) is 18.0 Å². The molecule has 0 saturated carbocycles. The smallest absolute Gasteiger partial charge is 0.422 e. The van der Waals surface area contributed by atoms with E-state index >= 15 is 0 Å². The molecule has 0 aliphatic heterocycles. The first-order chi connectivity index (χ1) is 7.78. The van der Waals surface area contributed by atoms with Gasteiger partial charge >= 0.3 is 12.3 Å². The fourth-order valence-electron chi connectivity index (χ4n) is 0.989. The Kier molecular flexibility index (Phi) is 4.81. The maximum atomic E-state index is 11.8. The molecular formula is C9H9BrF3NO2S. The van der Waals surface area contributed by atoms with Gasteiger partial charge in [-0.15, -0.1) is 11.3 Å². The zero-order valence-electron chi connectivity index (χ0n) is 8.75. The number of amides is 1. The lowest BCUT2D eigenvalue weighted by Crippen LogP contribution is -2.30. The first-order valence-electron chi connectivity index (χ1n) is 4.45. The molecule has 0 bridgehead atoms. The van der Waals surface area contributed by atoms with Crippen molar-refractivity contribution in [2.45, 2.75) is 12.7 Å². The molecule has 1 amide bonds. The summed E-state index contributed by atoms with van der Waals surface area (Å²) in [6.45, 7) is -1.35. The summed E-state index contributed by atoms with van der Waals surface area (Å²) in [5.41, 5.74) is 0. The number of rotatable bonds is 3. The van der Waals surface area contributed by atoms with Gasteiger partial charge in [0.25, 0.3) is 0 Å². The lowest BCUT2D eigenvalue weighted by Gasteiger charge is -2.16. The molecule has 0 aromatic carbocycles. The third-order valence-corrected chi connectivity index (χ3v) is 3.37. The quantitative estimate of drug-likeness (QED) is 0.846. The van der Waals surface area contributed by atoms with Crippen molar-refractivity contribution in [2.24, 2.45) is 0 Å². The SMILES string of the molecule is CN(Cc1cc(Br)cs1)C(=O)OCC(F)(F)F. The zero-order valence-corrected chi connectivity index (χ0v) is 11.2. The minimum Gasteiger partial charge on any atom is -0.440 e. The highest BCUT2D eigenvalue weighted by Crippen LogP contribution is 2.21. The largest absolute Gasteiger partial charge is 0.440 e. The van der Waals surface area contributed by atoms with E-state index in [4.69, 9.17) is 0 Å². The lowest BCUT2D eigenvalue weighted by molar-refractivity contribution is -0.162. The minimum atomic E-state index is -4.50. The highest BCUT2D eigenvalue weighted by molar-refractivity contribution is 9.10. The Morgan fingerprint density at radius 2 is 2.24 bits per heavy atom. The van der Waals surface area contributed by atoms with Crippen molar-refractivity contribution in [2.75, 3.05) is 13.7 Å². The molecule has 0 aliphatic rings. The predicted molar refractivity (Wildman–Crippen MR) is 60.9 cm³/mol. The first-order valence-corrected chi connectivity index (χ1v) is 6.13. The third-order valence-electron chi connectivity index (χ3n) is 1.69. The lowest BCUT2D eigenvalue weighted by atomic mass is 10.4. The molecular weight excluding hydrogens is 323 g/mol. The van der Waals surface area contributed by atoms with Crippen molar-refractivity contribution in [3.05, 3.63) is 20.8 Å². The van der Waals surface area contributed by atoms with Gasteiger partial charge < -0.3 is 9.64 Å². The molecule has 0 fully saturated rings. The van der Waals surface area contributed by atoms with Crippen LogP contribution in [0.2, 0.25) is 0 Å². The molecule has 0 spiro atoms. The van der Waals surface area contributed by atoms with Crippen LogP contribution in [0, 0.1) is 0 Å². The fourth-order valence-corrected chi connectivity index (χ4v) is 2.49. The highest BCUT2D eigenvalue weighted by Gasteiger charge is 2.30. The molecule has 17 heavy (non-hydrogen) atoms. The number of thiophene rings is 1. The zero-order chi connectivity index (χ0) is 13.1. The van der Waals surface area contributed by atoms with Gasteiger partial charge in [-0.25, -0.2) is 4.79 Å². The summed E-state index contributed by atoms with van der Waals surface area (Å²) >= 11 is 4.64. The monoisotopic (exact) mass is 331 g/mol. The second-order valence-corrected chi connectivity index (χ2v) is 5.17. The number of carbonyl (C=O) groups excluding carboxylic acids is 1. The van der Waals surface area contributed by atoms with Crippen molar-refractivity contribution in [1.82, 2.24) is 4.90 Å². The fraction of sp³-hybridized carbons (Fsp3) is 0.444. The van der Waals surface area contributed by atoms with Crippen LogP contribution in [0.15, 0.2) is 15.9 Å². The molecule has 3 nitrogen and oxygen atoms in total. The van der Waals surface area contributed by atoms with Gasteiger partial charge in [0.1, 0.15) is 0 Å². The summed E-state index contributed by atoms with van der Waals surface area (Å²) < 4.78 is 40.4. The van der Waals surface area contributed by atoms with E-state index in [9.17, 15) is 18.0 Å². The average molecular weight is 332 g/mol. The summed E-state index contributed by atoms with van der Waals surface area (Å²) in [5.74, 6) is 0. The Morgan fingerprint density at radius 3 is 2.71 bits per heavy atom. The predicted octanol–water partition coefficient (Wildman–Crippen LogP) is 3.64. The molecule has 8 heteroatoms. The van der Waals surface area contributed by atoms with Crippen LogP contribution in [-0.4, -0.2) is 30.8 Å². The van der Waals surface area contributed by atoms with E-state index in [0.717, 1.165) is 14.2 Å². The molecule has 0 N–H and O–H groups in total. The molecule has 0 saturated heterocycles. The van der Waals surface area contributed by atoms with E-state index in [1.165, 1.54) is 18.4 Å². The van der Waals surface area contributed by atoms with Gasteiger partial charge in [0.2, 0.25) is 0 Å². The number of halogens is 4. The van der Waals surface area contributed by atoms with Crippen LogP contribution in [-0.2, 0) is 11.3 Å². The average Bonchev–Trinajstić information content (AvgIpc) is 2.59. The molecule has 1 aromatic heterocycles. The van der Waals surface area contributed by atoms with Gasteiger partial charge in [0.05, 0.1) is 6.54 Å². The van der Waals surface area contributed by atoms with E-state index in [1.807, 2.05) is 5.38 Å². The van der Waals surface area contributed by atoms with Crippen LogP contribution in [0.1, 0.15) is 4.88 Å². The third kappa shape index (κ3) is 5.40. The summed E-state index contributed by atoms with van der Waals surface area (Å²) in [6, 6.07) is 1.79. The van der Waals surface area contributed by atoms with E-state index in [2.05, 4.69) is 20.7 Å². The number of hydrogen-bond donors (Lipinski definition) is 0. The van der Waals surface area contributed by atoms with Crippen molar-refractivity contribution < 1.29 is 22.7 Å². The van der Waals surface area contributed by atoms with Gasteiger partial charge in [0, 0.05) is 21.8 Å². The Morgan fingerprint density at radius 1 is 1.59 bits per heavy atom. The maximum Gasteiger partial charge on any atom is 0.422 e. The highest BCUT2D eigenvalue weighted by atomic mass is 79.9. The molecule has 1 heterocycles. The molecule has 0 atom stereocenters. The van der Waals surface area contributed by atoms with E-state index in [0.29, 0.717) is 0 Å². The van der Waals surface area contributed by atoms with Gasteiger partial charge in [-0.2, -0.15) is 13.2 Å². The maximum absolute atomic E-state index is 11.8. The van der Waals surface area contributed by atoms with Crippen LogP contribution >= 0.6 is 27.3 Å². The number of nitrogens with zero attached hydrogens (tertiary/aromatic N) is 1. The number of carbonyl (C=O) groups is 1. The molecule has 1 rings (SSSR count). The van der Waals surface area contributed by atoms with E-state index < -0.39 is 18.9 Å². The van der Waals surface area contributed by atoms with E-state index in [1.54, 1.807) is 6.07 Å². The van der Waals surface area contributed by atoms with Crippen LogP contribution in [0.3, 0.4) is 0 Å². The summed E-state index contributed by atoms with van der Waals surface area (Å²) in [5, 5.41) is 1.82. The number of alkyl halides is 3.